The number of sulfonamides is 1. The maximum absolute atomic E-state index is 14.2. The third-order valence-corrected chi connectivity index (χ3v) is 8.75. The molecule has 1 heterocycles. The summed E-state index contributed by atoms with van der Waals surface area (Å²) in [5, 5.41) is 3.64. The molecule has 2 amide bonds. The lowest BCUT2D eigenvalue weighted by atomic mass is 10.1. The number of carbonyl (C=O) groups excluding carboxylic acids is 3. The summed E-state index contributed by atoms with van der Waals surface area (Å²) in [6.07, 6.45) is -0.115. The van der Waals surface area contributed by atoms with E-state index < -0.39 is 27.9 Å². The number of carbonyl (C=O) groups is 3. The van der Waals surface area contributed by atoms with Crippen LogP contribution in [0.3, 0.4) is 0 Å². The van der Waals surface area contributed by atoms with Crippen LogP contribution in [-0.2, 0) is 21.2 Å². The third kappa shape index (κ3) is 6.01. The molecule has 0 aliphatic rings. The summed E-state index contributed by atoms with van der Waals surface area (Å²) in [5.41, 5.74) is 3.17. The molecule has 42 heavy (non-hydrogen) atoms. The molecule has 2 N–H and O–H groups in total. The van der Waals surface area contributed by atoms with Gasteiger partial charge in [-0.15, -0.1) is 0 Å². The van der Waals surface area contributed by atoms with Crippen LogP contribution in [0.1, 0.15) is 38.9 Å². The lowest BCUT2D eigenvalue weighted by Crippen LogP contribution is -2.51. The largest absolute Gasteiger partial charge is 0.358 e. The molecule has 5 rings (SSSR count). The maximum Gasteiger partial charge on any atom is 0.268 e. The normalized spacial score (nSPS) is 12.0. The Labute approximate surface area is 244 Å². The minimum absolute atomic E-state index is 0.113. The Morgan fingerprint density at radius 3 is 2.10 bits per heavy atom. The van der Waals surface area contributed by atoms with Gasteiger partial charge in [-0.1, -0.05) is 54.1 Å². The molecule has 0 saturated carbocycles. The number of anilines is 1. The van der Waals surface area contributed by atoms with Crippen LogP contribution < -0.4 is 5.32 Å². The molecule has 0 radical (unpaired) electrons. The van der Waals surface area contributed by atoms with Gasteiger partial charge >= 0.3 is 0 Å². The monoisotopic (exact) mass is 579 g/mol. The van der Waals surface area contributed by atoms with Crippen molar-refractivity contribution in [1.82, 2.24) is 9.29 Å². The van der Waals surface area contributed by atoms with E-state index >= 15 is 0 Å². The van der Waals surface area contributed by atoms with E-state index in [-0.39, 0.29) is 22.7 Å². The highest BCUT2D eigenvalue weighted by Gasteiger charge is 2.40. The third-order valence-electron chi connectivity index (χ3n) is 6.94. The van der Waals surface area contributed by atoms with E-state index in [0.29, 0.717) is 21.2 Å². The Balaban J connectivity index is 1.62. The number of hydrogen-bond donors (Lipinski definition) is 2. The van der Waals surface area contributed by atoms with Crippen molar-refractivity contribution in [2.24, 2.45) is 0 Å². The molecule has 0 aliphatic heterocycles. The number of fused-ring (bicyclic) bond motifs is 1. The van der Waals surface area contributed by atoms with Crippen LogP contribution in [0.15, 0.2) is 114 Å². The van der Waals surface area contributed by atoms with E-state index in [1.165, 1.54) is 31.2 Å². The van der Waals surface area contributed by atoms with Gasteiger partial charge in [-0.05, 0) is 79.9 Å². The van der Waals surface area contributed by atoms with E-state index in [1.54, 1.807) is 54.6 Å². The van der Waals surface area contributed by atoms with Gasteiger partial charge in [0.1, 0.15) is 6.04 Å². The highest BCUT2D eigenvalue weighted by molar-refractivity contribution is 7.89. The van der Waals surface area contributed by atoms with E-state index in [1.807, 2.05) is 37.3 Å². The molecule has 0 spiro atoms. The Hall–Kier alpha value is -5.02. The molecule has 5 aromatic rings. The van der Waals surface area contributed by atoms with Crippen molar-refractivity contribution in [3.63, 3.8) is 0 Å². The molecule has 212 valence electrons. The molecular formula is C33H29N3O5S. The Kier molecular flexibility index (Phi) is 8.04. The van der Waals surface area contributed by atoms with Gasteiger partial charge in [-0.2, -0.15) is 0 Å². The topological polar surface area (TPSA) is 116 Å². The van der Waals surface area contributed by atoms with Gasteiger partial charge in [0.2, 0.25) is 5.91 Å². The van der Waals surface area contributed by atoms with Crippen molar-refractivity contribution in [2.45, 2.75) is 31.2 Å². The number of aromatic amines is 1. The summed E-state index contributed by atoms with van der Waals surface area (Å²) < 4.78 is 29.1. The van der Waals surface area contributed by atoms with Crippen LogP contribution >= 0.6 is 0 Å². The first-order valence-electron chi connectivity index (χ1n) is 13.3. The fraction of sp³-hybridized carbons (Fsp3) is 0.121. The summed E-state index contributed by atoms with van der Waals surface area (Å²) in [6.45, 7) is 3.26. The Morgan fingerprint density at radius 2 is 1.45 bits per heavy atom. The summed E-state index contributed by atoms with van der Waals surface area (Å²) in [6, 6.07) is 28.3. The lowest BCUT2D eigenvalue weighted by Gasteiger charge is -2.30. The highest BCUT2D eigenvalue weighted by atomic mass is 32.2. The van der Waals surface area contributed by atoms with Crippen molar-refractivity contribution < 1.29 is 22.8 Å². The van der Waals surface area contributed by atoms with Crippen molar-refractivity contribution >= 4 is 44.2 Å². The zero-order valence-corrected chi connectivity index (χ0v) is 23.9. The number of benzene rings is 4. The van der Waals surface area contributed by atoms with Gasteiger partial charge < -0.3 is 10.3 Å². The fourth-order valence-electron chi connectivity index (χ4n) is 4.70. The average molecular weight is 580 g/mol. The summed E-state index contributed by atoms with van der Waals surface area (Å²) >= 11 is 0. The standard InChI is InChI=1S/C33H29N3O5S/c1-22-12-18-29(19-13-22)42(40,41)36(33(39)25-8-4-3-5-9-25)31(21-28-20-26-10-6-7-11-30(26)34-28)32(38)35-27-16-14-24(15-17-27)23(2)37/h3-20,31,34H,21H2,1-2H3,(H,35,38). The second-order valence-electron chi connectivity index (χ2n) is 10.0. The second kappa shape index (κ2) is 11.8. The predicted octanol–water partition coefficient (Wildman–Crippen LogP) is 5.76. The van der Waals surface area contributed by atoms with Crippen LogP contribution in [0.25, 0.3) is 10.9 Å². The molecule has 0 aliphatic carbocycles. The Bertz CT molecular complexity index is 1830. The van der Waals surface area contributed by atoms with Crippen LogP contribution in [0.2, 0.25) is 0 Å². The number of hydrogen-bond acceptors (Lipinski definition) is 5. The smallest absolute Gasteiger partial charge is 0.268 e. The van der Waals surface area contributed by atoms with E-state index in [0.717, 1.165) is 16.5 Å². The zero-order chi connectivity index (χ0) is 29.9. The highest BCUT2D eigenvalue weighted by Crippen LogP contribution is 2.26. The number of amides is 2. The number of ketones is 1. The molecule has 4 aromatic carbocycles. The van der Waals surface area contributed by atoms with Crippen LogP contribution in [0, 0.1) is 6.92 Å². The average Bonchev–Trinajstić information content (AvgIpc) is 3.40. The second-order valence-corrected chi connectivity index (χ2v) is 11.8. The number of aryl methyl sites for hydroxylation is 1. The van der Waals surface area contributed by atoms with Gasteiger partial charge in [0, 0.05) is 34.4 Å². The SMILES string of the molecule is CC(=O)c1ccc(NC(=O)C(Cc2cc3ccccc3[nH]2)N(C(=O)c2ccccc2)S(=O)(=O)c2ccc(C)cc2)cc1. The number of rotatable bonds is 9. The summed E-state index contributed by atoms with van der Waals surface area (Å²) in [5.74, 6) is -1.67. The molecule has 0 saturated heterocycles. The summed E-state index contributed by atoms with van der Waals surface area (Å²) in [4.78, 5) is 42.9. The van der Waals surface area contributed by atoms with Gasteiger partial charge in [0.25, 0.3) is 15.9 Å². The number of para-hydroxylation sites is 1. The van der Waals surface area contributed by atoms with E-state index in [9.17, 15) is 22.8 Å². The van der Waals surface area contributed by atoms with Crippen LogP contribution in [0.5, 0.6) is 0 Å². The number of aromatic nitrogens is 1. The van der Waals surface area contributed by atoms with Crippen molar-refractivity contribution in [1.29, 1.82) is 0 Å². The molecular weight excluding hydrogens is 550 g/mol. The maximum atomic E-state index is 14.2. The molecule has 1 aromatic heterocycles. The molecule has 1 unspecified atom stereocenters. The van der Waals surface area contributed by atoms with Crippen molar-refractivity contribution in [2.75, 3.05) is 5.32 Å². The number of H-pyrrole nitrogens is 1. The summed E-state index contributed by atoms with van der Waals surface area (Å²) in [7, 11) is -4.51. The first-order valence-corrected chi connectivity index (χ1v) is 14.8. The van der Waals surface area contributed by atoms with Crippen molar-refractivity contribution in [3.8, 4) is 0 Å². The molecule has 8 nitrogen and oxygen atoms in total. The first kappa shape index (κ1) is 28.5. The minimum Gasteiger partial charge on any atom is -0.358 e. The molecule has 0 fully saturated rings. The van der Waals surface area contributed by atoms with E-state index in [4.69, 9.17) is 0 Å². The van der Waals surface area contributed by atoms with Gasteiger partial charge in [-0.25, -0.2) is 12.7 Å². The van der Waals surface area contributed by atoms with Gasteiger partial charge in [0.15, 0.2) is 5.78 Å². The molecule has 1 atom stereocenters. The number of nitrogens with one attached hydrogen (secondary N) is 2. The van der Waals surface area contributed by atoms with Gasteiger partial charge in [-0.3, -0.25) is 14.4 Å². The van der Waals surface area contributed by atoms with E-state index in [2.05, 4.69) is 10.3 Å². The zero-order valence-electron chi connectivity index (χ0n) is 23.1. The molecule has 0 bridgehead atoms. The number of nitrogens with zero attached hydrogens (tertiary/aromatic N) is 1. The van der Waals surface area contributed by atoms with Crippen LogP contribution in [0.4, 0.5) is 5.69 Å². The Morgan fingerprint density at radius 1 is 0.810 bits per heavy atom. The number of Topliss-reactive ketones (excluding diaryl/α,β-unsaturated/α-hetero) is 1. The first-order chi connectivity index (χ1) is 20.1. The lowest BCUT2D eigenvalue weighted by molar-refractivity contribution is -0.119. The van der Waals surface area contributed by atoms with Gasteiger partial charge in [0.05, 0.1) is 4.90 Å². The minimum atomic E-state index is -4.51. The molecule has 9 heteroatoms. The fourth-order valence-corrected chi connectivity index (χ4v) is 6.23. The van der Waals surface area contributed by atoms with Crippen molar-refractivity contribution in [3.05, 3.63) is 132 Å². The quantitative estimate of drug-likeness (QED) is 0.215. The van der Waals surface area contributed by atoms with Crippen LogP contribution in [-0.4, -0.2) is 41.3 Å². The predicted molar refractivity (Wildman–Crippen MR) is 162 cm³/mol.